The first kappa shape index (κ1) is 16.2. The summed E-state index contributed by atoms with van der Waals surface area (Å²) in [7, 11) is 0. The molecule has 0 aromatic heterocycles. The van der Waals surface area contributed by atoms with E-state index in [9.17, 15) is 14.3 Å². The molecular formula is C16H21FN2O4. The van der Waals surface area contributed by atoms with Crippen molar-refractivity contribution < 1.29 is 24.1 Å². The Morgan fingerprint density at radius 3 is 3.00 bits per heavy atom. The summed E-state index contributed by atoms with van der Waals surface area (Å²) in [6.07, 6.45) is 1.46. The largest absolute Gasteiger partial charge is 0.505 e. The summed E-state index contributed by atoms with van der Waals surface area (Å²) in [5, 5.41) is 21.3. The molecule has 2 saturated heterocycles. The molecule has 6 nitrogen and oxygen atoms in total. The Hall–Kier alpha value is -1.70. The fourth-order valence-corrected chi connectivity index (χ4v) is 3.29. The van der Waals surface area contributed by atoms with Crippen molar-refractivity contribution in [3.05, 3.63) is 29.6 Å². The molecule has 0 spiro atoms. The predicted octanol–water partition coefficient (Wildman–Crippen LogP) is 0.485. The number of rotatable bonds is 4. The zero-order valence-corrected chi connectivity index (χ0v) is 12.7. The monoisotopic (exact) mass is 324 g/mol. The summed E-state index contributed by atoms with van der Waals surface area (Å²) in [6.45, 7) is 2.20. The summed E-state index contributed by atoms with van der Waals surface area (Å²) in [6, 6.07) is 3.84. The number of halogens is 1. The lowest BCUT2D eigenvalue weighted by atomic mass is 10.1. The first-order valence-corrected chi connectivity index (χ1v) is 7.82. The molecule has 126 valence electrons. The Labute approximate surface area is 133 Å². The molecule has 2 heterocycles. The smallest absolute Gasteiger partial charge is 0.251 e. The van der Waals surface area contributed by atoms with Gasteiger partial charge in [0.1, 0.15) is 0 Å². The topological polar surface area (TPSA) is 82.0 Å². The van der Waals surface area contributed by atoms with Crippen LogP contribution < -0.4 is 5.32 Å². The second kappa shape index (κ2) is 6.82. The van der Waals surface area contributed by atoms with E-state index in [1.54, 1.807) is 0 Å². The number of nitrogens with zero attached hydrogens (tertiary/aromatic N) is 1. The maximum Gasteiger partial charge on any atom is 0.251 e. The highest BCUT2D eigenvalue weighted by Gasteiger charge is 2.37. The normalized spacial score (nSPS) is 27.7. The van der Waals surface area contributed by atoms with Crippen LogP contribution in [-0.2, 0) is 4.74 Å². The quantitative estimate of drug-likeness (QED) is 0.751. The first-order valence-electron chi connectivity index (χ1n) is 7.82. The molecular weight excluding hydrogens is 303 g/mol. The fraction of sp³-hybridized carbons (Fsp3) is 0.562. The van der Waals surface area contributed by atoms with E-state index in [0.717, 1.165) is 31.6 Å². The molecule has 7 heteroatoms. The number of phenols is 1. The van der Waals surface area contributed by atoms with E-state index < -0.39 is 11.6 Å². The first-order chi connectivity index (χ1) is 11.1. The molecule has 0 saturated carbocycles. The van der Waals surface area contributed by atoms with Gasteiger partial charge in [-0.3, -0.25) is 9.69 Å². The van der Waals surface area contributed by atoms with E-state index in [1.807, 2.05) is 0 Å². The second-order valence-electron chi connectivity index (χ2n) is 6.15. The molecule has 0 bridgehead atoms. The van der Waals surface area contributed by atoms with Crippen LogP contribution in [0.2, 0.25) is 0 Å². The van der Waals surface area contributed by atoms with Crippen molar-refractivity contribution in [3.63, 3.8) is 0 Å². The van der Waals surface area contributed by atoms with Gasteiger partial charge in [0, 0.05) is 37.3 Å². The van der Waals surface area contributed by atoms with E-state index in [2.05, 4.69) is 10.2 Å². The number of carbonyl (C=O) groups excluding carboxylic acids is 1. The Bertz CT molecular complexity index is 583. The average molecular weight is 324 g/mol. The van der Waals surface area contributed by atoms with Crippen molar-refractivity contribution in [2.24, 2.45) is 0 Å². The van der Waals surface area contributed by atoms with Crippen molar-refractivity contribution in [3.8, 4) is 5.75 Å². The standard InChI is InChI=1S/C16H21FN2O4/c17-14-2-1-10(5-15(14)21)16(22)18-11-6-12-9-23-13(3-4-20)8-19(12)7-11/h1-2,5,11-13,20-21H,3-4,6-9H2,(H,18,22)/t11-,12+,13+/m1/s1. The van der Waals surface area contributed by atoms with Crippen molar-refractivity contribution in [2.75, 3.05) is 26.3 Å². The average Bonchev–Trinajstić information content (AvgIpc) is 2.91. The van der Waals surface area contributed by atoms with Gasteiger partial charge >= 0.3 is 0 Å². The lowest BCUT2D eigenvalue weighted by Gasteiger charge is -2.34. The van der Waals surface area contributed by atoms with E-state index in [4.69, 9.17) is 9.84 Å². The molecule has 0 radical (unpaired) electrons. The number of ether oxygens (including phenoxy) is 1. The van der Waals surface area contributed by atoms with Crippen LogP contribution in [0.1, 0.15) is 23.2 Å². The number of phenolic OH excluding ortho intramolecular Hbond substituents is 1. The highest BCUT2D eigenvalue weighted by molar-refractivity contribution is 5.94. The van der Waals surface area contributed by atoms with Crippen molar-refractivity contribution in [1.29, 1.82) is 0 Å². The third-order valence-electron chi connectivity index (χ3n) is 4.48. The highest BCUT2D eigenvalue weighted by atomic mass is 19.1. The van der Waals surface area contributed by atoms with Crippen LogP contribution in [0.3, 0.4) is 0 Å². The zero-order chi connectivity index (χ0) is 16.4. The molecule has 2 aliphatic rings. The minimum Gasteiger partial charge on any atom is -0.505 e. The number of morpholine rings is 1. The Morgan fingerprint density at radius 1 is 1.43 bits per heavy atom. The molecule has 23 heavy (non-hydrogen) atoms. The van der Waals surface area contributed by atoms with Gasteiger partial charge in [0.05, 0.1) is 12.7 Å². The number of benzene rings is 1. The van der Waals surface area contributed by atoms with Gasteiger partial charge in [-0.2, -0.15) is 0 Å². The zero-order valence-electron chi connectivity index (χ0n) is 12.7. The molecule has 1 aromatic carbocycles. The van der Waals surface area contributed by atoms with E-state index in [0.29, 0.717) is 13.0 Å². The lowest BCUT2D eigenvalue weighted by Crippen LogP contribution is -2.46. The summed E-state index contributed by atoms with van der Waals surface area (Å²) < 4.78 is 18.8. The maximum atomic E-state index is 13.0. The molecule has 1 aromatic rings. The third-order valence-corrected chi connectivity index (χ3v) is 4.48. The minimum atomic E-state index is -0.744. The maximum absolute atomic E-state index is 13.0. The minimum absolute atomic E-state index is 0.00354. The van der Waals surface area contributed by atoms with Gasteiger partial charge < -0.3 is 20.3 Å². The number of amides is 1. The molecule has 2 aliphatic heterocycles. The van der Waals surface area contributed by atoms with Crippen LogP contribution in [-0.4, -0.2) is 65.5 Å². The van der Waals surface area contributed by atoms with Crippen LogP contribution in [0.5, 0.6) is 5.75 Å². The van der Waals surface area contributed by atoms with Crippen molar-refractivity contribution in [1.82, 2.24) is 10.2 Å². The van der Waals surface area contributed by atoms with Gasteiger partial charge in [-0.05, 0) is 31.0 Å². The molecule has 3 rings (SSSR count). The van der Waals surface area contributed by atoms with E-state index >= 15 is 0 Å². The summed E-state index contributed by atoms with van der Waals surface area (Å²) in [5.74, 6) is -1.59. The number of aliphatic hydroxyl groups is 1. The van der Waals surface area contributed by atoms with E-state index in [-0.39, 0.29) is 36.3 Å². The van der Waals surface area contributed by atoms with Gasteiger partial charge in [-0.1, -0.05) is 0 Å². The fourth-order valence-electron chi connectivity index (χ4n) is 3.29. The summed E-state index contributed by atoms with van der Waals surface area (Å²) in [4.78, 5) is 14.5. The van der Waals surface area contributed by atoms with Crippen LogP contribution in [0.15, 0.2) is 18.2 Å². The lowest BCUT2D eigenvalue weighted by molar-refractivity contribution is -0.0566. The van der Waals surface area contributed by atoms with Crippen LogP contribution in [0.4, 0.5) is 4.39 Å². The number of aromatic hydroxyl groups is 1. The Balaban J connectivity index is 1.57. The van der Waals surface area contributed by atoms with Gasteiger partial charge in [0.25, 0.3) is 5.91 Å². The number of nitrogens with one attached hydrogen (secondary N) is 1. The molecule has 3 atom stereocenters. The number of hydrogen-bond acceptors (Lipinski definition) is 5. The molecule has 2 fully saturated rings. The Morgan fingerprint density at radius 2 is 2.26 bits per heavy atom. The number of fused-ring (bicyclic) bond motifs is 1. The number of aliphatic hydroxyl groups excluding tert-OH is 1. The third kappa shape index (κ3) is 3.63. The SMILES string of the molecule is O=C(N[C@@H]1C[C@H]2CO[C@@H](CCO)CN2C1)c1ccc(F)c(O)c1. The van der Waals surface area contributed by atoms with Gasteiger partial charge in [0.15, 0.2) is 11.6 Å². The van der Waals surface area contributed by atoms with Crippen LogP contribution in [0.25, 0.3) is 0 Å². The van der Waals surface area contributed by atoms with E-state index in [1.165, 1.54) is 6.07 Å². The van der Waals surface area contributed by atoms with Crippen LogP contribution in [0, 0.1) is 5.82 Å². The Kier molecular flexibility index (Phi) is 4.79. The molecule has 3 N–H and O–H groups in total. The van der Waals surface area contributed by atoms with Gasteiger partial charge in [-0.15, -0.1) is 0 Å². The number of hydrogen-bond donors (Lipinski definition) is 3. The number of carbonyl (C=O) groups is 1. The highest BCUT2D eigenvalue weighted by Crippen LogP contribution is 2.25. The van der Waals surface area contributed by atoms with Gasteiger partial charge in [0.2, 0.25) is 0 Å². The summed E-state index contributed by atoms with van der Waals surface area (Å²) >= 11 is 0. The van der Waals surface area contributed by atoms with Gasteiger partial charge in [-0.25, -0.2) is 4.39 Å². The predicted molar refractivity (Wildman–Crippen MR) is 80.7 cm³/mol. The molecule has 1 amide bonds. The second-order valence-corrected chi connectivity index (χ2v) is 6.15. The van der Waals surface area contributed by atoms with Crippen molar-refractivity contribution >= 4 is 5.91 Å². The molecule has 0 aliphatic carbocycles. The molecule has 0 unspecified atom stereocenters. The van der Waals surface area contributed by atoms with Crippen LogP contribution >= 0.6 is 0 Å². The van der Waals surface area contributed by atoms with Crippen molar-refractivity contribution in [2.45, 2.75) is 31.0 Å². The summed E-state index contributed by atoms with van der Waals surface area (Å²) in [5.41, 5.74) is 0.239.